The van der Waals surface area contributed by atoms with Crippen molar-refractivity contribution >= 4 is 28.6 Å². The van der Waals surface area contributed by atoms with Crippen LogP contribution in [0, 0.1) is 6.92 Å². The van der Waals surface area contributed by atoms with E-state index in [1.807, 2.05) is 6.20 Å². The number of hydrogen-bond donors (Lipinski definition) is 3. The molecular formula is C26H27N5O3. The van der Waals surface area contributed by atoms with Crippen molar-refractivity contribution < 1.29 is 14.3 Å². The molecule has 1 aliphatic carbocycles. The Kier molecular flexibility index (Phi) is 5.79. The fourth-order valence-electron chi connectivity index (χ4n) is 4.33. The number of rotatable bonds is 7. The third kappa shape index (κ3) is 4.26. The van der Waals surface area contributed by atoms with Crippen LogP contribution in [0.2, 0.25) is 0 Å². The molecule has 8 nitrogen and oxygen atoms in total. The molecule has 1 amide bonds. The zero-order chi connectivity index (χ0) is 23.7. The summed E-state index contributed by atoms with van der Waals surface area (Å²) in [6.07, 6.45) is 6.42. The monoisotopic (exact) mass is 457 g/mol. The quantitative estimate of drug-likeness (QED) is 0.355. The molecule has 1 aliphatic rings. The summed E-state index contributed by atoms with van der Waals surface area (Å²) < 4.78 is 11.9. The first-order valence-corrected chi connectivity index (χ1v) is 11.4. The van der Waals surface area contributed by atoms with Crippen molar-refractivity contribution in [1.82, 2.24) is 15.0 Å². The second-order valence-corrected chi connectivity index (χ2v) is 8.57. The van der Waals surface area contributed by atoms with E-state index in [4.69, 9.17) is 25.2 Å². The molecule has 4 N–H and O–H groups in total. The highest BCUT2D eigenvalue weighted by molar-refractivity contribution is 5.98. The van der Waals surface area contributed by atoms with Gasteiger partial charge in [-0.1, -0.05) is 29.8 Å². The van der Waals surface area contributed by atoms with Crippen LogP contribution in [-0.2, 0) is 0 Å². The van der Waals surface area contributed by atoms with Crippen LogP contribution in [0.25, 0.3) is 22.2 Å². The van der Waals surface area contributed by atoms with Gasteiger partial charge in [0.15, 0.2) is 0 Å². The highest BCUT2D eigenvalue weighted by Crippen LogP contribution is 2.37. The predicted molar refractivity (Wildman–Crippen MR) is 132 cm³/mol. The Bertz CT molecular complexity index is 1340. The maximum absolute atomic E-state index is 11.5. The van der Waals surface area contributed by atoms with Crippen LogP contribution in [-0.4, -0.2) is 34.1 Å². The first kappa shape index (κ1) is 21.8. The fourth-order valence-corrected chi connectivity index (χ4v) is 4.33. The van der Waals surface area contributed by atoms with Crippen molar-refractivity contribution in [3.05, 3.63) is 59.8 Å². The van der Waals surface area contributed by atoms with Crippen LogP contribution in [0.3, 0.4) is 0 Å². The van der Waals surface area contributed by atoms with E-state index in [1.54, 1.807) is 18.2 Å². The van der Waals surface area contributed by atoms with Gasteiger partial charge < -0.3 is 25.5 Å². The van der Waals surface area contributed by atoms with Gasteiger partial charge in [-0.05, 0) is 56.4 Å². The summed E-state index contributed by atoms with van der Waals surface area (Å²) in [6, 6.07) is 13.3. The Morgan fingerprint density at radius 1 is 1.12 bits per heavy atom. The van der Waals surface area contributed by atoms with Gasteiger partial charge in [-0.3, -0.25) is 4.79 Å². The average molecular weight is 458 g/mol. The smallest absolute Gasteiger partial charge is 0.248 e. The van der Waals surface area contributed by atoms with Crippen LogP contribution in [0.15, 0.2) is 48.7 Å². The molecule has 0 unspecified atom stereocenters. The number of nitrogens with two attached hydrogens (primary N) is 1. The Labute approximate surface area is 197 Å². The first-order chi connectivity index (χ1) is 16.5. The second kappa shape index (κ2) is 9.05. The minimum absolute atomic E-state index is 0.135. The van der Waals surface area contributed by atoms with Crippen molar-refractivity contribution in [2.45, 2.75) is 38.7 Å². The lowest BCUT2D eigenvalue weighted by atomic mass is 10.0. The number of anilines is 2. The van der Waals surface area contributed by atoms with Gasteiger partial charge in [-0.15, -0.1) is 0 Å². The number of ether oxygens (including phenoxy) is 2. The van der Waals surface area contributed by atoms with E-state index in [1.165, 1.54) is 12.7 Å². The average Bonchev–Trinajstić information content (AvgIpc) is 3.50. The number of fused-ring (bicyclic) bond motifs is 1. The Morgan fingerprint density at radius 2 is 1.88 bits per heavy atom. The van der Waals surface area contributed by atoms with E-state index in [2.05, 4.69) is 41.5 Å². The molecule has 0 radical (unpaired) electrons. The molecule has 34 heavy (non-hydrogen) atoms. The number of aryl methyl sites for hydroxylation is 1. The van der Waals surface area contributed by atoms with Gasteiger partial charge in [0.05, 0.1) is 18.2 Å². The summed E-state index contributed by atoms with van der Waals surface area (Å²) in [6.45, 7) is 2.07. The van der Waals surface area contributed by atoms with E-state index in [9.17, 15) is 4.79 Å². The molecule has 1 saturated carbocycles. The molecular weight excluding hydrogens is 430 g/mol. The molecule has 4 aromatic rings. The van der Waals surface area contributed by atoms with Crippen molar-refractivity contribution in [2.75, 3.05) is 12.4 Å². The topological polar surface area (TPSA) is 115 Å². The van der Waals surface area contributed by atoms with Crippen molar-refractivity contribution in [2.24, 2.45) is 5.73 Å². The van der Waals surface area contributed by atoms with Gasteiger partial charge in [0.1, 0.15) is 17.5 Å². The fraction of sp³-hybridized carbons (Fsp3) is 0.269. The van der Waals surface area contributed by atoms with Crippen molar-refractivity contribution in [1.29, 1.82) is 0 Å². The zero-order valence-electron chi connectivity index (χ0n) is 19.2. The number of aromatic amines is 1. The summed E-state index contributed by atoms with van der Waals surface area (Å²) >= 11 is 0. The molecule has 8 heteroatoms. The highest BCUT2D eigenvalue weighted by atomic mass is 16.5. The molecule has 1 fully saturated rings. The Hall–Kier alpha value is -4.07. The van der Waals surface area contributed by atoms with Crippen LogP contribution in [0.4, 0.5) is 11.6 Å². The number of nitrogens with one attached hydrogen (secondary N) is 2. The summed E-state index contributed by atoms with van der Waals surface area (Å²) in [5.41, 5.74) is 10.3. The number of hydrogen-bond acceptors (Lipinski definition) is 6. The summed E-state index contributed by atoms with van der Waals surface area (Å²) in [7, 11) is 1.53. The number of primary amides is 1. The molecule has 2 heterocycles. The van der Waals surface area contributed by atoms with E-state index >= 15 is 0 Å². The maximum atomic E-state index is 11.5. The van der Waals surface area contributed by atoms with Gasteiger partial charge in [0.2, 0.25) is 17.7 Å². The van der Waals surface area contributed by atoms with Gasteiger partial charge in [-0.2, -0.15) is 9.97 Å². The molecule has 0 bridgehead atoms. The minimum Gasteiger partial charge on any atom is -0.495 e. The number of benzene rings is 2. The number of methoxy groups -OCH3 is 1. The Balaban J connectivity index is 1.57. The molecule has 2 aromatic heterocycles. The van der Waals surface area contributed by atoms with Crippen LogP contribution >= 0.6 is 0 Å². The van der Waals surface area contributed by atoms with Gasteiger partial charge in [0.25, 0.3) is 0 Å². The third-order valence-corrected chi connectivity index (χ3v) is 6.17. The van der Waals surface area contributed by atoms with Gasteiger partial charge >= 0.3 is 0 Å². The maximum Gasteiger partial charge on any atom is 0.248 e. The summed E-state index contributed by atoms with van der Waals surface area (Å²) in [5, 5.41) is 4.06. The Morgan fingerprint density at radius 3 is 2.59 bits per heavy atom. The lowest BCUT2D eigenvalue weighted by Gasteiger charge is -2.16. The normalized spacial score (nSPS) is 13.8. The standard InChI is InChI=1S/C26H27N5O3/c1-15-7-9-16(10-8-15)19-14-28-24-22(19)25(34-18-5-3-4-6-18)31-26(30-24)29-20-12-11-17(23(27)32)13-21(20)33-2/h7-14,18H,3-6H2,1-2H3,(H2,27,32)(H2,28,29,30,31). The number of H-pyrrole nitrogens is 1. The number of nitrogens with zero attached hydrogens (tertiary/aromatic N) is 2. The lowest BCUT2D eigenvalue weighted by Crippen LogP contribution is -2.13. The summed E-state index contributed by atoms with van der Waals surface area (Å²) in [5.74, 6) is 0.849. The molecule has 2 aromatic carbocycles. The lowest BCUT2D eigenvalue weighted by molar-refractivity contribution is 0.1000. The van der Waals surface area contributed by atoms with Crippen LogP contribution in [0.5, 0.6) is 11.6 Å². The van der Waals surface area contributed by atoms with Crippen LogP contribution in [0.1, 0.15) is 41.6 Å². The SMILES string of the molecule is COc1cc(C(N)=O)ccc1Nc1nc(OC2CCCC2)c2c(-c3ccc(C)cc3)c[nH]c2n1. The molecule has 0 spiro atoms. The number of amides is 1. The number of carbonyl (C=O) groups is 1. The highest BCUT2D eigenvalue weighted by Gasteiger charge is 2.22. The summed E-state index contributed by atoms with van der Waals surface area (Å²) in [4.78, 5) is 24.3. The predicted octanol–water partition coefficient (Wildman–Crippen LogP) is 5.11. The molecule has 0 atom stereocenters. The third-order valence-electron chi connectivity index (χ3n) is 6.17. The second-order valence-electron chi connectivity index (χ2n) is 8.57. The van der Waals surface area contributed by atoms with Crippen LogP contribution < -0.4 is 20.5 Å². The van der Waals surface area contributed by atoms with E-state index < -0.39 is 5.91 Å². The van der Waals surface area contributed by atoms with E-state index in [0.717, 1.165) is 42.2 Å². The molecule has 174 valence electrons. The van der Waals surface area contributed by atoms with Gasteiger partial charge in [-0.25, -0.2) is 0 Å². The van der Waals surface area contributed by atoms with E-state index in [-0.39, 0.29) is 6.10 Å². The van der Waals surface area contributed by atoms with Crippen molar-refractivity contribution in [3.8, 4) is 22.8 Å². The van der Waals surface area contributed by atoms with Crippen molar-refractivity contribution in [3.63, 3.8) is 0 Å². The zero-order valence-corrected chi connectivity index (χ0v) is 19.2. The number of aromatic nitrogens is 3. The van der Waals surface area contributed by atoms with E-state index in [0.29, 0.717) is 34.5 Å². The minimum atomic E-state index is -0.523. The molecule has 0 aliphatic heterocycles. The molecule has 0 saturated heterocycles. The first-order valence-electron chi connectivity index (χ1n) is 11.4. The number of carbonyl (C=O) groups excluding carboxylic acids is 1. The molecule has 5 rings (SSSR count). The van der Waals surface area contributed by atoms with Gasteiger partial charge in [0, 0.05) is 17.3 Å². The largest absolute Gasteiger partial charge is 0.495 e.